The molecular formula is C7H14ClNO2. The molecule has 1 atom stereocenters. The van der Waals surface area contributed by atoms with Crippen molar-refractivity contribution in [3.8, 4) is 0 Å². The largest absolute Gasteiger partial charge is 0.465 e. The number of ether oxygens (including phenoxy) is 1. The van der Waals surface area contributed by atoms with E-state index in [1.165, 1.54) is 0 Å². The molecule has 0 saturated carbocycles. The van der Waals surface area contributed by atoms with Gasteiger partial charge < -0.3 is 10.5 Å². The summed E-state index contributed by atoms with van der Waals surface area (Å²) in [4.78, 5) is 10.8. The Labute approximate surface area is 72.7 Å². The lowest BCUT2D eigenvalue weighted by molar-refractivity contribution is -0.141. The molecule has 1 rings (SSSR count). The normalized spacial score (nSPS) is 22.6. The average Bonchev–Trinajstić information content (AvgIpc) is 2.31. The van der Waals surface area contributed by atoms with Gasteiger partial charge in [-0.1, -0.05) is 0 Å². The molecule has 0 amide bonds. The quantitative estimate of drug-likeness (QED) is 0.650. The average molecular weight is 180 g/mol. The minimum atomic E-state index is -0.0338. The number of carbonyl (C=O) groups is 1. The molecule has 2 N–H and O–H groups in total. The summed E-state index contributed by atoms with van der Waals surface area (Å²) >= 11 is 0. The van der Waals surface area contributed by atoms with Crippen LogP contribution in [0.4, 0.5) is 0 Å². The van der Waals surface area contributed by atoms with E-state index in [-0.39, 0.29) is 24.3 Å². The molecule has 0 aromatic heterocycles. The molecular weight excluding hydrogens is 166 g/mol. The van der Waals surface area contributed by atoms with Crippen LogP contribution in [0.5, 0.6) is 0 Å². The van der Waals surface area contributed by atoms with E-state index in [4.69, 9.17) is 10.5 Å². The zero-order chi connectivity index (χ0) is 7.40. The SMILES string of the molecule is Cl.NCCCC1CCOC1=O. The molecule has 1 unspecified atom stereocenters. The maximum absolute atomic E-state index is 10.8. The number of cyclic esters (lactones) is 1. The van der Waals surface area contributed by atoms with Crippen molar-refractivity contribution in [3.63, 3.8) is 0 Å². The van der Waals surface area contributed by atoms with Crippen molar-refractivity contribution in [1.29, 1.82) is 0 Å². The topological polar surface area (TPSA) is 52.3 Å². The first kappa shape index (κ1) is 10.7. The van der Waals surface area contributed by atoms with Gasteiger partial charge in [-0.3, -0.25) is 4.79 Å². The number of halogens is 1. The van der Waals surface area contributed by atoms with Crippen LogP contribution < -0.4 is 5.73 Å². The number of hydrogen-bond acceptors (Lipinski definition) is 3. The highest BCUT2D eigenvalue weighted by Crippen LogP contribution is 2.18. The third-order valence-electron chi connectivity index (χ3n) is 1.80. The monoisotopic (exact) mass is 179 g/mol. The lowest BCUT2D eigenvalue weighted by Gasteiger charge is -2.01. The Bertz CT molecular complexity index is 130. The highest BCUT2D eigenvalue weighted by molar-refractivity contribution is 5.85. The first-order chi connectivity index (χ1) is 4.84. The predicted octanol–water partition coefficient (Wildman–Crippen LogP) is 0.710. The Balaban J connectivity index is 0.000001000. The van der Waals surface area contributed by atoms with Gasteiger partial charge in [0.2, 0.25) is 0 Å². The Hall–Kier alpha value is -0.280. The van der Waals surface area contributed by atoms with Crippen LogP contribution in [0.25, 0.3) is 0 Å². The molecule has 1 aliphatic rings. The molecule has 1 saturated heterocycles. The Morgan fingerprint density at radius 2 is 2.36 bits per heavy atom. The number of rotatable bonds is 3. The lowest BCUT2D eigenvalue weighted by Crippen LogP contribution is -2.09. The summed E-state index contributed by atoms with van der Waals surface area (Å²) in [6.07, 6.45) is 2.72. The lowest BCUT2D eigenvalue weighted by atomic mass is 10.0. The summed E-state index contributed by atoms with van der Waals surface area (Å²) in [5.74, 6) is 0.108. The van der Waals surface area contributed by atoms with E-state index in [2.05, 4.69) is 0 Å². The van der Waals surface area contributed by atoms with E-state index >= 15 is 0 Å². The van der Waals surface area contributed by atoms with E-state index in [0.717, 1.165) is 19.3 Å². The van der Waals surface area contributed by atoms with Gasteiger partial charge in [0.15, 0.2) is 0 Å². The van der Waals surface area contributed by atoms with E-state index in [1.807, 2.05) is 0 Å². The van der Waals surface area contributed by atoms with Crippen LogP contribution in [-0.2, 0) is 9.53 Å². The highest BCUT2D eigenvalue weighted by Gasteiger charge is 2.25. The standard InChI is InChI=1S/C7H13NO2.ClH/c8-4-1-2-6-3-5-10-7(6)9;/h6H,1-5,8H2;1H. The van der Waals surface area contributed by atoms with Gasteiger partial charge in [-0.2, -0.15) is 0 Å². The van der Waals surface area contributed by atoms with Crippen LogP contribution in [0.15, 0.2) is 0 Å². The van der Waals surface area contributed by atoms with Gasteiger partial charge in [0, 0.05) is 0 Å². The third kappa shape index (κ3) is 3.08. The zero-order valence-electron chi connectivity index (χ0n) is 6.41. The highest BCUT2D eigenvalue weighted by atomic mass is 35.5. The Morgan fingerprint density at radius 3 is 2.82 bits per heavy atom. The molecule has 1 fully saturated rings. The summed E-state index contributed by atoms with van der Waals surface area (Å²) in [6, 6.07) is 0. The summed E-state index contributed by atoms with van der Waals surface area (Å²) < 4.78 is 4.78. The van der Waals surface area contributed by atoms with Gasteiger partial charge in [-0.25, -0.2) is 0 Å². The smallest absolute Gasteiger partial charge is 0.309 e. The Kier molecular flexibility index (Phi) is 5.24. The number of esters is 1. The second-order valence-corrected chi connectivity index (χ2v) is 2.58. The molecule has 0 aromatic carbocycles. The summed E-state index contributed by atoms with van der Waals surface area (Å²) in [5, 5.41) is 0. The summed E-state index contributed by atoms with van der Waals surface area (Å²) in [6.45, 7) is 1.28. The molecule has 0 radical (unpaired) electrons. The van der Waals surface area contributed by atoms with E-state index < -0.39 is 0 Å². The van der Waals surface area contributed by atoms with Crippen molar-refractivity contribution in [1.82, 2.24) is 0 Å². The first-order valence-electron chi connectivity index (χ1n) is 3.71. The minimum Gasteiger partial charge on any atom is -0.465 e. The van der Waals surface area contributed by atoms with Crippen LogP contribution >= 0.6 is 12.4 Å². The van der Waals surface area contributed by atoms with Crippen molar-refractivity contribution in [2.75, 3.05) is 13.2 Å². The third-order valence-corrected chi connectivity index (χ3v) is 1.80. The van der Waals surface area contributed by atoms with Crippen molar-refractivity contribution in [2.45, 2.75) is 19.3 Å². The fourth-order valence-corrected chi connectivity index (χ4v) is 1.16. The maximum atomic E-state index is 10.8. The maximum Gasteiger partial charge on any atom is 0.309 e. The second-order valence-electron chi connectivity index (χ2n) is 2.58. The van der Waals surface area contributed by atoms with E-state index in [0.29, 0.717) is 13.2 Å². The van der Waals surface area contributed by atoms with Gasteiger partial charge in [-0.05, 0) is 25.8 Å². The molecule has 66 valence electrons. The van der Waals surface area contributed by atoms with Crippen LogP contribution in [0.3, 0.4) is 0 Å². The van der Waals surface area contributed by atoms with Crippen molar-refractivity contribution >= 4 is 18.4 Å². The molecule has 0 aliphatic carbocycles. The van der Waals surface area contributed by atoms with Gasteiger partial charge in [0.25, 0.3) is 0 Å². The van der Waals surface area contributed by atoms with Gasteiger partial charge in [0.1, 0.15) is 0 Å². The van der Waals surface area contributed by atoms with E-state index in [9.17, 15) is 4.79 Å². The van der Waals surface area contributed by atoms with Gasteiger partial charge in [0.05, 0.1) is 12.5 Å². The molecule has 3 nitrogen and oxygen atoms in total. The van der Waals surface area contributed by atoms with Crippen LogP contribution in [0.1, 0.15) is 19.3 Å². The Morgan fingerprint density at radius 1 is 1.64 bits per heavy atom. The van der Waals surface area contributed by atoms with Crippen LogP contribution in [0.2, 0.25) is 0 Å². The predicted molar refractivity (Wildman–Crippen MR) is 44.6 cm³/mol. The fraction of sp³-hybridized carbons (Fsp3) is 0.857. The second kappa shape index (κ2) is 5.38. The summed E-state index contributed by atoms with van der Waals surface area (Å²) in [5.41, 5.74) is 5.30. The molecule has 0 spiro atoms. The van der Waals surface area contributed by atoms with Crippen molar-refractivity contribution in [2.24, 2.45) is 11.7 Å². The van der Waals surface area contributed by atoms with Crippen LogP contribution in [-0.4, -0.2) is 19.1 Å². The van der Waals surface area contributed by atoms with Gasteiger partial charge in [-0.15, -0.1) is 12.4 Å². The van der Waals surface area contributed by atoms with Crippen molar-refractivity contribution in [3.05, 3.63) is 0 Å². The van der Waals surface area contributed by atoms with Crippen LogP contribution in [0, 0.1) is 5.92 Å². The first-order valence-corrected chi connectivity index (χ1v) is 3.71. The number of carbonyl (C=O) groups excluding carboxylic acids is 1. The molecule has 11 heavy (non-hydrogen) atoms. The number of hydrogen-bond donors (Lipinski definition) is 1. The van der Waals surface area contributed by atoms with Crippen molar-refractivity contribution < 1.29 is 9.53 Å². The van der Waals surface area contributed by atoms with Gasteiger partial charge >= 0.3 is 5.97 Å². The minimum absolute atomic E-state index is 0. The van der Waals surface area contributed by atoms with E-state index in [1.54, 1.807) is 0 Å². The number of nitrogens with two attached hydrogens (primary N) is 1. The summed E-state index contributed by atoms with van der Waals surface area (Å²) in [7, 11) is 0. The molecule has 0 bridgehead atoms. The molecule has 4 heteroatoms. The molecule has 0 aromatic rings. The molecule has 1 aliphatic heterocycles. The zero-order valence-corrected chi connectivity index (χ0v) is 7.23. The molecule has 1 heterocycles. The fourth-order valence-electron chi connectivity index (χ4n) is 1.16.